The van der Waals surface area contributed by atoms with Crippen molar-refractivity contribution in [3.63, 3.8) is 0 Å². The molecule has 0 aliphatic carbocycles. The summed E-state index contributed by atoms with van der Waals surface area (Å²) < 4.78 is 32.0. The molecule has 7 nitrogen and oxygen atoms in total. The van der Waals surface area contributed by atoms with Crippen molar-refractivity contribution in [2.75, 3.05) is 18.1 Å². The second-order valence-corrected chi connectivity index (χ2v) is 8.32. The van der Waals surface area contributed by atoms with Crippen molar-refractivity contribution >= 4 is 43.2 Å². The number of anilines is 1. The Kier molecular flexibility index (Phi) is 4.63. The number of para-hydroxylation sites is 2. The highest BCUT2D eigenvalue weighted by atomic mass is 32.2. The van der Waals surface area contributed by atoms with Crippen LogP contribution in [0.1, 0.15) is 0 Å². The van der Waals surface area contributed by atoms with Gasteiger partial charge in [0.2, 0.25) is 10.0 Å². The SMILES string of the molecule is COc1cc(NS(C)(=O)=O)ccc1N=c1c2ccccc2n(O)c2ccccc12. The van der Waals surface area contributed by atoms with E-state index in [4.69, 9.17) is 9.73 Å². The van der Waals surface area contributed by atoms with E-state index >= 15 is 0 Å². The van der Waals surface area contributed by atoms with E-state index in [9.17, 15) is 13.6 Å². The van der Waals surface area contributed by atoms with Gasteiger partial charge in [-0.1, -0.05) is 36.4 Å². The van der Waals surface area contributed by atoms with Crippen molar-refractivity contribution < 1.29 is 18.4 Å². The normalized spacial score (nSPS) is 11.5. The Hall–Kier alpha value is -3.52. The van der Waals surface area contributed by atoms with Crippen molar-refractivity contribution in [2.24, 2.45) is 4.99 Å². The van der Waals surface area contributed by atoms with Crippen molar-refractivity contribution in [1.29, 1.82) is 0 Å². The monoisotopic (exact) mass is 409 g/mol. The maximum absolute atomic E-state index is 11.5. The van der Waals surface area contributed by atoms with Gasteiger partial charge >= 0.3 is 0 Å². The fraction of sp³-hybridized carbons (Fsp3) is 0.0952. The van der Waals surface area contributed by atoms with Crippen LogP contribution in [-0.2, 0) is 10.0 Å². The maximum atomic E-state index is 11.5. The van der Waals surface area contributed by atoms with Crippen molar-refractivity contribution in [3.8, 4) is 5.75 Å². The molecule has 1 aromatic heterocycles. The first kappa shape index (κ1) is 18.8. The zero-order chi connectivity index (χ0) is 20.6. The lowest BCUT2D eigenvalue weighted by Crippen LogP contribution is -2.11. The van der Waals surface area contributed by atoms with Crippen LogP contribution in [0.5, 0.6) is 5.75 Å². The first-order chi connectivity index (χ1) is 13.9. The number of hydrogen-bond acceptors (Lipinski definition) is 5. The van der Waals surface area contributed by atoms with Crippen LogP contribution in [0.25, 0.3) is 21.8 Å². The van der Waals surface area contributed by atoms with Gasteiger partial charge in [-0.05, 0) is 24.3 Å². The van der Waals surface area contributed by atoms with Gasteiger partial charge < -0.3 is 9.94 Å². The molecule has 0 aliphatic heterocycles. The Morgan fingerprint density at radius 2 is 1.55 bits per heavy atom. The maximum Gasteiger partial charge on any atom is 0.229 e. The minimum atomic E-state index is -3.40. The van der Waals surface area contributed by atoms with E-state index in [1.807, 2.05) is 48.5 Å². The van der Waals surface area contributed by atoms with Gasteiger partial charge in [0, 0.05) is 16.8 Å². The van der Waals surface area contributed by atoms with Gasteiger partial charge in [-0.25, -0.2) is 13.4 Å². The van der Waals surface area contributed by atoms with Gasteiger partial charge in [-0.3, -0.25) is 4.72 Å². The molecule has 0 spiro atoms. The summed E-state index contributed by atoms with van der Waals surface area (Å²) in [4.78, 5) is 4.82. The minimum absolute atomic E-state index is 0.388. The number of rotatable bonds is 4. The second-order valence-electron chi connectivity index (χ2n) is 6.57. The lowest BCUT2D eigenvalue weighted by atomic mass is 10.1. The molecule has 0 fully saturated rings. The summed E-state index contributed by atoms with van der Waals surface area (Å²) in [6.45, 7) is 0. The largest absolute Gasteiger partial charge is 0.494 e. The first-order valence-electron chi connectivity index (χ1n) is 8.80. The molecule has 1 heterocycles. The van der Waals surface area contributed by atoms with Crippen LogP contribution in [0, 0.1) is 0 Å². The van der Waals surface area contributed by atoms with Gasteiger partial charge in [0.05, 0.1) is 35.4 Å². The molecule has 0 amide bonds. The molecule has 0 unspecified atom stereocenters. The molecular weight excluding hydrogens is 390 g/mol. The van der Waals surface area contributed by atoms with Gasteiger partial charge in [0.1, 0.15) is 11.4 Å². The Balaban J connectivity index is 2.03. The van der Waals surface area contributed by atoms with Crippen molar-refractivity contribution in [1.82, 2.24) is 4.73 Å². The molecular formula is C21H19N3O4S. The highest BCUT2D eigenvalue weighted by Gasteiger charge is 2.11. The number of aromatic nitrogens is 1. The minimum Gasteiger partial charge on any atom is -0.494 e. The molecule has 4 rings (SSSR count). The quantitative estimate of drug-likeness (QED) is 0.397. The Bertz CT molecular complexity index is 1350. The molecule has 4 aromatic rings. The molecule has 0 atom stereocenters. The summed E-state index contributed by atoms with van der Waals surface area (Å²) in [6, 6.07) is 19.8. The predicted octanol–water partition coefficient (Wildman–Crippen LogP) is 3.64. The number of nitrogens with zero attached hydrogens (tertiary/aromatic N) is 2. The van der Waals surface area contributed by atoms with Gasteiger partial charge in [-0.2, -0.15) is 4.73 Å². The lowest BCUT2D eigenvalue weighted by Gasteiger charge is -2.11. The van der Waals surface area contributed by atoms with Gasteiger partial charge in [0.25, 0.3) is 0 Å². The number of hydrogen-bond donors (Lipinski definition) is 2. The van der Waals surface area contributed by atoms with Crippen molar-refractivity contribution in [2.45, 2.75) is 0 Å². The number of pyridine rings is 1. The highest BCUT2D eigenvalue weighted by molar-refractivity contribution is 7.92. The zero-order valence-electron chi connectivity index (χ0n) is 15.8. The van der Waals surface area contributed by atoms with E-state index in [0.717, 1.165) is 21.8 Å². The molecule has 148 valence electrons. The first-order valence-corrected chi connectivity index (χ1v) is 10.7. The fourth-order valence-electron chi connectivity index (χ4n) is 3.28. The number of benzene rings is 3. The van der Waals surface area contributed by atoms with E-state index < -0.39 is 10.0 Å². The van der Waals surface area contributed by atoms with E-state index in [1.54, 1.807) is 18.2 Å². The highest BCUT2D eigenvalue weighted by Crippen LogP contribution is 2.31. The molecule has 8 heteroatoms. The van der Waals surface area contributed by atoms with E-state index in [-0.39, 0.29) is 0 Å². The van der Waals surface area contributed by atoms with Crippen LogP contribution in [0.15, 0.2) is 71.7 Å². The third-order valence-electron chi connectivity index (χ3n) is 4.49. The number of nitrogens with one attached hydrogen (secondary N) is 1. The summed E-state index contributed by atoms with van der Waals surface area (Å²) >= 11 is 0. The molecule has 0 radical (unpaired) electrons. The summed E-state index contributed by atoms with van der Waals surface area (Å²) in [5.41, 5.74) is 2.18. The Morgan fingerprint density at radius 3 is 2.10 bits per heavy atom. The second kappa shape index (κ2) is 7.14. The molecule has 29 heavy (non-hydrogen) atoms. The van der Waals surface area contributed by atoms with Gasteiger partial charge in [-0.15, -0.1) is 0 Å². The predicted molar refractivity (Wildman–Crippen MR) is 113 cm³/mol. The van der Waals surface area contributed by atoms with Crippen LogP contribution in [0.4, 0.5) is 11.4 Å². The number of fused-ring (bicyclic) bond motifs is 2. The average Bonchev–Trinajstić information content (AvgIpc) is 2.70. The van der Waals surface area contributed by atoms with E-state index in [0.29, 0.717) is 33.5 Å². The molecule has 3 aromatic carbocycles. The lowest BCUT2D eigenvalue weighted by molar-refractivity contribution is 0.211. The van der Waals surface area contributed by atoms with Gasteiger partial charge in [0.15, 0.2) is 0 Å². The van der Waals surface area contributed by atoms with E-state index in [2.05, 4.69) is 4.72 Å². The fourth-order valence-corrected chi connectivity index (χ4v) is 3.84. The van der Waals surface area contributed by atoms with Crippen LogP contribution >= 0.6 is 0 Å². The molecule has 0 saturated heterocycles. The third-order valence-corrected chi connectivity index (χ3v) is 5.10. The molecule has 2 N–H and O–H groups in total. The van der Waals surface area contributed by atoms with Crippen LogP contribution in [0.3, 0.4) is 0 Å². The molecule has 0 aliphatic rings. The third kappa shape index (κ3) is 3.62. The summed E-state index contributed by atoms with van der Waals surface area (Å²) in [7, 11) is -1.90. The number of sulfonamides is 1. The topological polar surface area (TPSA) is 92.9 Å². The average molecular weight is 409 g/mol. The van der Waals surface area contributed by atoms with Crippen molar-refractivity contribution in [3.05, 3.63) is 72.1 Å². The Morgan fingerprint density at radius 1 is 0.966 bits per heavy atom. The van der Waals surface area contributed by atoms with E-state index in [1.165, 1.54) is 7.11 Å². The standard InChI is InChI=1S/C21H19N3O4S/c1-28-20-13-14(23-29(2,26)27)11-12-17(20)22-21-15-7-3-5-9-18(15)24(25)19-10-6-4-8-16(19)21/h3-13,23,25H,1-2H3. The van der Waals surface area contributed by atoms with Crippen LogP contribution < -0.4 is 14.8 Å². The van der Waals surface area contributed by atoms with Crippen LogP contribution in [-0.4, -0.2) is 31.7 Å². The summed E-state index contributed by atoms with van der Waals surface area (Å²) in [5, 5.41) is 12.9. The zero-order valence-corrected chi connectivity index (χ0v) is 16.6. The Labute approximate surface area is 167 Å². The number of ether oxygens (including phenoxy) is 1. The number of methoxy groups -OCH3 is 1. The van der Waals surface area contributed by atoms with Crippen LogP contribution in [0.2, 0.25) is 0 Å². The summed E-state index contributed by atoms with van der Waals surface area (Å²) in [5.74, 6) is 0.424. The molecule has 0 bridgehead atoms. The smallest absolute Gasteiger partial charge is 0.229 e. The summed E-state index contributed by atoms with van der Waals surface area (Å²) in [6.07, 6.45) is 1.09. The molecule has 0 saturated carbocycles.